The van der Waals surface area contributed by atoms with Gasteiger partial charge in [0.05, 0.1) is 24.3 Å². The van der Waals surface area contributed by atoms with Crippen LogP contribution in [0.3, 0.4) is 0 Å². The average Bonchev–Trinajstić information content (AvgIpc) is 3.03. The standard InChI is InChI=1S/C38H54O8/c1-8-11-12-13-15-28-16-18-31(19-17-28)35(39)46-34(27(6)7)38(42)44-25-24-29(14-9-2)30-20-22-32(23-21-30)36(40)45-33(26(4)5)37(41)43-10-3/h16-23,26-27,29,33-34H,8-15,24-25H2,1-7H3. The van der Waals surface area contributed by atoms with Gasteiger partial charge in [-0.1, -0.05) is 91.5 Å². The summed E-state index contributed by atoms with van der Waals surface area (Å²) >= 11 is 0. The van der Waals surface area contributed by atoms with E-state index in [9.17, 15) is 19.2 Å². The molecule has 0 saturated carbocycles. The fourth-order valence-corrected chi connectivity index (χ4v) is 5.17. The molecule has 0 amide bonds. The summed E-state index contributed by atoms with van der Waals surface area (Å²) in [4.78, 5) is 50.9. The second-order valence-electron chi connectivity index (χ2n) is 12.5. The molecule has 0 N–H and O–H groups in total. The van der Waals surface area contributed by atoms with E-state index in [0.29, 0.717) is 17.5 Å². The minimum atomic E-state index is -1.01. The molecule has 0 aliphatic carbocycles. The molecule has 0 saturated heterocycles. The Morgan fingerprint density at radius 3 is 1.61 bits per heavy atom. The molecular formula is C38H54O8. The summed E-state index contributed by atoms with van der Waals surface area (Å²) in [5.74, 6) is -2.65. The Balaban J connectivity index is 1.96. The number of hydrogen-bond donors (Lipinski definition) is 0. The number of esters is 4. The number of carbonyl (C=O) groups excluding carboxylic acids is 4. The Morgan fingerprint density at radius 2 is 1.13 bits per heavy atom. The predicted octanol–water partition coefficient (Wildman–Crippen LogP) is 8.25. The minimum Gasteiger partial charge on any atom is -0.463 e. The lowest BCUT2D eigenvalue weighted by atomic mass is 9.91. The number of benzene rings is 2. The molecular weight excluding hydrogens is 584 g/mol. The number of ether oxygens (including phenoxy) is 4. The molecule has 46 heavy (non-hydrogen) atoms. The van der Waals surface area contributed by atoms with Crippen LogP contribution in [-0.2, 0) is 35.0 Å². The molecule has 0 fully saturated rings. The van der Waals surface area contributed by atoms with Gasteiger partial charge in [0.15, 0.2) is 0 Å². The largest absolute Gasteiger partial charge is 0.463 e. The molecule has 3 unspecified atom stereocenters. The quantitative estimate of drug-likeness (QED) is 0.0811. The lowest BCUT2D eigenvalue weighted by Crippen LogP contribution is -2.34. The molecule has 2 aromatic rings. The Hall–Kier alpha value is -3.68. The second kappa shape index (κ2) is 20.4. The summed E-state index contributed by atoms with van der Waals surface area (Å²) in [6, 6.07) is 14.5. The van der Waals surface area contributed by atoms with Crippen molar-refractivity contribution in [2.75, 3.05) is 13.2 Å². The van der Waals surface area contributed by atoms with Crippen LogP contribution in [0.25, 0.3) is 0 Å². The van der Waals surface area contributed by atoms with E-state index in [1.807, 2.05) is 38.1 Å². The van der Waals surface area contributed by atoms with Crippen molar-refractivity contribution < 1.29 is 38.1 Å². The zero-order chi connectivity index (χ0) is 34.1. The number of rotatable bonds is 20. The van der Waals surface area contributed by atoms with E-state index in [1.165, 1.54) is 24.8 Å². The highest BCUT2D eigenvalue weighted by molar-refractivity contribution is 5.92. The van der Waals surface area contributed by atoms with Crippen LogP contribution >= 0.6 is 0 Å². The molecule has 0 spiro atoms. The van der Waals surface area contributed by atoms with E-state index in [-0.39, 0.29) is 31.0 Å². The zero-order valence-corrected chi connectivity index (χ0v) is 28.8. The monoisotopic (exact) mass is 638 g/mol. The first-order chi connectivity index (χ1) is 22.0. The van der Waals surface area contributed by atoms with Crippen LogP contribution in [-0.4, -0.2) is 49.3 Å². The maximum absolute atomic E-state index is 13.0. The summed E-state index contributed by atoms with van der Waals surface area (Å²) in [5, 5.41) is 0. The first kappa shape index (κ1) is 38.5. The van der Waals surface area contributed by atoms with Crippen molar-refractivity contribution >= 4 is 23.9 Å². The molecule has 0 heterocycles. The van der Waals surface area contributed by atoms with E-state index >= 15 is 0 Å². The summed E-state index contributed by atoms with van der Waals surface area (Å²) in [5.41, 5.74) is 2.92. The zero-order valence-electron chi connectivity index (χ0n) is 28.8. The Labute approximate surface area is 275 Å². The highest BCUT2D eigenvalue weighted by Gasteiger charge is 2.30. The Morgan fingerprint density at radius 1 is 0.609 bits per heavy atom. The van der Waals surface area contributed by atoms with E-state index < -0.39 is 36.1 Å². The molecule has 2 rings (SSSR count). The smallest absolute Gasteiger partial charge is 0.347 e. The first-order valence-electron chi connectivity index (χ1n) is 17.0. The van der Waals surface area contributed by atoms with E-state index in [1.54, 1.807) is 45.0 Å². The number of carbonyl (C=O) groups is 4. The van der Waals surface area contributed by atoms with Gasteiger partial charge in [-0.15, -0.1) is 0 Å². The number of hydrogen-bond acceptors (Lipinski definition) is 8. The second-order valence-corrected chi connectivity index (χ2v) is 12.5. The summed E-state index contributed by atoms with van der Waals surface area (Å²) < 4.78 is 21.8. The summed E-state index contributed by atoms with van der Waals surface area (Å²) in [6.07, 6.45) is 6.06. The molecule has 0 aromatic heterocycles. The summed E-state index contributed by atoms with van der Waals surface area (Å²) in [6.45, 7) is 13.6. The maximum atomic E-state index is 13.0. The molecule has 8 nitrogen and oxygen atoms in total. The van der Waals surface area contributed by atoms with Crippen LogP contribution in [0, 0.1) is 11.8 Å². The maximum Gasteiger partial charge on any atom is 0.347 e. The molecule has 0 aliphatic heterocycles. The number of aryl methyl sites for hydroxylation is 1. The van der Waals surface area contributed by atoms with Gasteiger partial charge < -0.3 is 18.9 Å². The van der Waals surface area contributed by atoms with Gasteiger partial charge in [0.1, 0.15) is 0 Å². The highest BCUT2D eigenvalue weighted by atomic mass is 16.6. The molecule has 254 valence electrons. The highest BCUT2D eigenvalue weighted by Crippen LogP contribution is 2.26. The lowest BCUT2D eigenvalue weighted by Gasteiger charge is -2.22. The first-order valence-corrected chi connectivity index (χ1v) is 17.0. The van der Waals surface area contributed by atoms with Crippen molar-refractivity contribution in [3.8, 4) is 0 Å². The van der Waals surface area contributed by atoms with Crippen LogP contribution < -0.4 is 0 Å². The topological polar surface area (TPSA) is 105 Å². The Kier molecular flexibility index (Phi) is 17.1. The van der Waals surface area contributed by atoms with Gasteiger partial charge >= 0.3 is 23.9 Å². The molecule has 0 bridgehead atoms. The van der Waals surface area contributed by atoms with Crippen molar-refractivity contribution in [3.05, 3.63) is 70.8 Å². The van der Waals surface area contributed by atoms with Gasteiger partial charge in [-0.3, -0.25) is 0 Å². The van der Waals surface area contributed by atoms with Crippen molar-refractivity contribution in [2.45, 2.75) is 118 Å². The van der Waals surface area contributed by atoms with Crippen LogP contribution in [0.5, 0.6) is 0 Å². The number of unbranched alkanes of at least 4 members (excludes halogenated alkanes) is 3. The van der Waals surface area contributed by atoms with Crippen molar-refractivity contribution in [1.82, 2.24) is 0 Å². The van der Waals surface area contributed by atoms with Crippen LogP contribution in [0.4, 0.5) is 0 Å². The van der Waals surface area contributed by atoms with Crippen LogP contribution in [0.15, 0.2) is 48.5 Å². The third kappa shape index (κ3) is 12.6. The molecule has 0 aliphatic rings. The Bertz CT molecular complexity index is 1220. The van der Waals surface area contributed by atoms with Gasteiger partial charge in [-0.05, 0) is 73.9 Å². The van der Waals surface area contributed by atoms with Gasteiger partial charge in [0.25, 0.3) is 0 Å². The fraction of sp³-hybridized carbons (Fsp3) is 0.579. The van der Waals surface area contributed by atoms with E-state index in [4.69, 9.17) is 18.9 Å². The summed E-state index contributed by atoms with van der Waals surface area (Å²) in [7, 11) is 0. The third-order valence-corrected chi connectivity index (χ3v) is 7.90. The lowest BCUT2D eigenvalue weighted by molar-refractivity contribution is -0.157. The van der Waals surface area contributed by atoms with Gasteiger partial charge in [0.2, 0.25) is 12.2 Å². The average molecular weight is 639 g/mol. The molecule has 3 atom stereocenters. The van der Waals surface area contributed by atoms with Crippen LogP contribution in [0.1, 0.15) is 131 Å². The van der Waals surface area contributed by atoms with Crippen molar-refractivity contribution in [3.63, 3.8) is 0 Å². The van der Waals surface area contributed by atoms with E-state index in [2.05, 4.69) is 13.8 Å². The SMILES string of the molecule is CCCCCCc1ccc(C(=O)OC(C(=O)OCCC(CCC)c2ccc(C(=O)OC(C(=O)OCC)C(C)C)cc2)C(C)C)cc1. The van der Waals surface area contributed by atoms with Crippen molar-refractivity contribution in [1.29, 1.82) is 0 Å². The van der Waals surface area contributed by atoms with Gasteiger partial charge in [0, 0.05) is 11.8 Å². The minimum absolute atomic E-state index is 0.0892. The normalized spacial score (nSPS) is 13.2. The fourth-order valence-electron chi connectivity index (χ4n) is 5.17. The van der Waals surface area contributed by atoms with Gasteiger partial charge in [-0.25, -0.2) is 19.2 Å². The molecule has 2 aromatic carbocycles. The van der Waals surface area contributed by atoms with Crippen molar-refractivity contribution in [2.24, 2.45) is 11.8 Å². The third-order valence-electron chi connectivity index (χ3n) is 7.90. The predicted molar refractivity (Wildman–Crippen MR) is 179 cm³/mol. The molecule has 0 radical (unpaired) electrons. The van der Waals surface area contributed by atoms with E-state index in [0.717, 1.165) is 31.2 Å². The van der Waals surface area contributed by atoms with Crippen LogP contribution in [0.2, 0.25) is 0 Å². The van der Waals surface area contributed by atoms with Gasteiger partial charge in [-0.2, -0.15) is 0 Å². The molecule has 8 heteroatoms.